The average molecular weight is 326 g/mol. The number of rotatable bonds is 6. The van der Waals surface area contributed by atoms with Gasteiger partial charge in [0, 0.05) is 13.0 Å². The SMILES string of the molecule is NC(=O)CCN(c1ccccc1)S(=O)(=O)C1CCCCC1O. The minimum Gasteiger partial charge on any atom is -0.392 e. The van der Waals surface area contributed by atoms with Crippen molar-refractivity contribution in [2.45, 2.75) is 43.5 Å². The first-order chi connectivity index (χ1) is 10.4. The number of hydrogen-bond acceptors (Lipinski definition) is 4. The smallest absolute Gasteiger partial charge is 0.240 e. The van der Waals surface area contributed by atoms with Gasteiger partial charge in [-0.25, -0.2) is 8.42 Å². The molecule has 1 amide bonds. The molecule has 122 valence electrons. The largest absolute Gasteiger partial charge is 0.392 e. The Hall–Kier alpha value is -1.60. The van der Waals surface area contributed by atoms with Crippen LogP contribution in [0.5, 0.6) is 0 Å². The second-order valence-corrected chi connectivity index (χ2v) is 7.64. The highest BCUT2D eigenvalue weighted by atomic mass is 32.2. The Balaban J connectivity index is 2.32. The number of primary amides is 1. The molecule has 3 N–H and O–H groups in total. The summed E-state index contributed by atoms with van der Waals surface area (Å²) in [5, 5.41) is 9.26. The van der Waals surface area contributed by atoms with Crippen LogP contribution >= 0.6 is 0 Å². The van der Waals surface area contributed by atoms with Crippen LogP contribution in [0.1, 0.15) is 32.1 Å². The minimum atomic E-state index is -3.75. The zero-order valence-electron chi connectivity index (χ0n) is 12.4. The Bertz CT molecular complexity index is 603. The fraction of sp³-hybridized carbons (Fsp3) is 0.533. The molecule has 0 bridgehead atoms. The maximum Gasteiger partial charge on any atom is 0.240 e. The molecule has 1 aromatic rings. The molecule has 2 rings (SSSR count). The summed E-state index contributed by atoms with van der Waals surface area (Å²) in [7, 11) is -3.75. The first-order valence-corrected chi connectivity index (χ1v) is 8.96. The van der Waals surface area contributed by atoms with Gasteiger partial charge in [0.05, 0.1) is 11.8 Å². The summed E-state index contributed by atoms with van der Waals surface area (Å²) in [6, 6.07) is 8.61. The number of nitrogens with zero attached hydrogens (tertiary/aromatic N) is 1. The molecule has 0 radical (unpaired) electrons. The quantitative estimate of drug-likeness (QED) is 0.814. The average Bonchev–Trinajstić information content (AvgIpc) is 2.48. The summed E-state index contributed by atoms with van der Waals surface area (Å²) < 4.78 is 27.1. The molecule has 1 aromatic carbocycles. The topological polar surface area (TPSA) is 101 Å². The summed E-state index contributed by atoms with van der Waals surface area (Å²) >= 11 is 0. The van der Waals surface area contributed by atoms with E-state index >= 15 is 0 Å². The highest BCUT2D eigenvalue weighted by molar-refractivity contribution is 7.93. The molecule has 0 aromatic heterocycles. The molecule has 1 aliphatic rings. The number of benzene rings is 1. The molecule has 22 heavy (non-hydrogen) atoms. The molecule has 1 saturated carbocycles. The van der Waals surface area contributed by atoms with Gasteiger partial charge < -0.3 is 10.8 Å². The van der Waals surface area contributed by atoms with E-state index in [1.807, 2.05) is 0 Å². The lowest BCUT2D eigenvalue weighted by atomic mass is 9.97. The van der Waals surface area contributed by atoms with Crippen LogP contribution in [0.4, 0.5) is 5.69 Å². The van der Waals surface area contributed by atoms with Crippen LogP contribution in [-0.4, -0.2) is 37.3 Å². The highest BCUT2D eigenvalue weighted by Crippen LogP contribution is 2.29. The maximum atomic E-state index is 12.9. The van der Waals surface area contributed by atoms with Crippen molar-refractivity contribution in [3.8, 4) is 0 Å². The van der Waals surface area contributed by atoms with Crippen LogP contribution in [0.2, 0.25) is 0 Å². The van der Waals surface area contributed by atoms with Gasteiger partial charge in [0.25, 0.3) is 0 Å². The summed E-state index contributed by atoms with van der Waals surface area (Å²) in [6.07, 6.45) is 1.61. The van der Waals surface area contributed by atoms with Gasteiger partial charge in [-0.1, -0.05) is 31.0 Å². The third kappa shape index (κ3) is 3.78. The monoisotopic (exact) mass is 326 g/mol. The molecule has 1 aliphatic carbocycles. The Morgan fingerprint density at radius 1 is 1.23 bits per heavy atom. The van der Waals surface area contributed by atoms with Gasteiger partial charge in [-0.15, -0.1) is 0 Å². The summed E-state index contributed by atoms with van der Waals surface area (Å²) in [5.74, 6) is -0.555. The Labute approximate surface area is 131 Å². The van der Waals surface area contributed by atoms with Gasteiger partial charge in [0.15, 0.2) is 0 Å². The minimum absolute atomic E-state index is 0.00903. The number of hydrogen-bond donors (Lipinski definition) is 2. The Kier molecular flexibility index (Phi) is 5.42. The fourth-order valence-corrected chi connectivity index (χ4v) is 4.88. The van der Waals surface area contributed by atoms with E-state index < -0.39 is 27.3 Å². The highest BCUT2D eigenvalue weighted by Gasteiger charge is 2.38. The predicted molar refractivity (Wildman–Crippen MR) is 84.8 cm³/mol. The predicted octanol–water partition coefficient (Wildman–Crippen LogP) is 1.00. The van der Waals surface area contributed by atoms with E-state index in [-0.39, 0.29) is 13.0 Å². The van der Waals surface area contributed by atoms with E-state index in [4.69, 9.17) is 5.73 Å². The molecular formula is C15H22N2O4S. The van der Waals surface area contributed by atoms with Crippen LogP contribution in [0.15, 0.2) is 30.3 Å². The number of para-hydroxylation sites is 1. The van der Waals surface area contributed by atoms with Crippen molar-refractivity contribution in [2.75, 3.05) is 10.8 Å². The number of anilines is 1. The molecular weight excluding hydrogens is 304 g/mol. The van der Waals surface area contributed by atoms with Gasteiger partial charge >= 0.3 is 0 Å². The van der Waals surface area contributed by atoms with Gasteiger partial charge in [-0.05, 0) is 25.0 Å². The van der Waals surface area contributed by atoms with E-state index in [2.05, 4.69) is 0 Å². The van der Waals surface area contributed by atoms with Crippen molar-refractivity contribution in [3.05, 3.63) is 30.3 Å². The number of aliphatic hydroxyl groups excluding tert-OH is 1. The molecule has 6 nitrogen and oxygen atoms in total. The lowest BCUT2D eigenvalue weighted by Crippen LogP contribution is -2.47. The van der Waals surface area contributed by atoms with Crippen LogP contribution < -0.4 is 10.0 Å². The third-order valence-corrected chi connectivity index (χ3v) is 6.29. The maximum absolute atomic E-state index is 12.9. The molecule has 1 fully saturated rings. The third-order valence-electron chi connectivity index (χ3n) is 3.96. The van der Waals surface area contributed by atoms with Crippen molar-refractivity contribution < 1.29 is 18.3 Å². The van der Waals surface area contributed by atoms with E-state index in [9.17, 15) is 18.3 Å². The molecule has 0 heterocycles. The van der Waals surface area contributed by atoms with Crippen molar-refractivity contribution in [1.29, 1.82) is 0 Å². The number of amides is 1. The van der Waals surface area contributed by atoms with Gasteiger partial charge in [-0.2, -0.15) is 0 Å². The van der Waals surface area contributed by atoms with E-state index in [1.54, 1.807) is 30.3 Å². The fourth-order valence-electron chi connectivity index (χ4n) is 2.80. The lowest BCUT2D eigenvalue weighted by Gasteiger charge is -2.33. The van der Waals surface area contributed by atoms with Crippen molar-refractivity contribution in [1.82, 2.24) is 0 Å². The number of nitrogens with two attached hydrogens (primary N) is 1. The molecule has 2 unspecified atom stereocenters. The number of aliphatic hydroxyl groups is 1. The molecule has 0 saturated heterocycles. The van der Waals surface area contributed by atoms with Crippen LogP contribution in [0, 0.1) is 0 Å². The van der Waals surface area contributed by atoms with E-state index in [1.165, 1.54) is 4.31 Å². The van der Waals surface area contributed by atoms with Gasteiger partial charge in [0.2, 0.25) is 15.9 Å². The van der Waals surface area contributed by atoms with Crippen molar-refractivity contribution in [3.63, 3.8) is 0 Å². The van der Waals surface area contributed by atoms with E-state index in [0.717, 1.165) is 12.8 Å². The van der Waals surface area contributed by atoms with Gasteiger partial charge in [-0.3, -0.25) is 9.10 Å². The molecule has 2 atom stereocenters. The number of carbonyl (C=O) groups excluding carboxylic acids is 1. The second kappa shape index (κ2) is 7.11. The summed E-state index contributed by atoms with van der Waals surface area (Å²) in [6.45, 7) is -0.00903. The standard InChI is InChI=1S/C15H22N2O4S/c16-15(19)10-11-17(12-6-2-1-3-7-12)22(20,21)14-9-5-4-8-13(14)18/h1-3,6-7,13-14,18H,4-5,8-11H2,(H2,16,19). The molecule has 7 heteroatoms. The molecule has 0 spiro atoms. The Morgan fingerprint density at radius 3 is 2.45 bits per heavy atom. The van der Waals surface area contributed by atoms with E-state index in [0.29, 0.717) is 18.5 Å². The van der Waals surface area contributed by atoms with Crippen LogP contribution in [0.3, 0.4) is 0 Å². The lowest BCUT2D eigenvalue weighted by molar-refractivity contribution is -0.117. The molecule has 0 aliphatic heterocycles. The zero-order valence-corrected chi connectivity index (χ0v) is 13.2. The summed E-state index contributed by atoms with van der Waals surface area (Å²) in [4.78, 5) is 11.1. The first kappa shape index (κ1) is 16.8. The first-order valence-electron chi connectivity index (χ1n) is 7.46. The van der Waals surface area contributed by atoms with Crippen LogP contribution in [0.25, 0.3) is 0 Å². The number of carbonyl (C=O) groups is 1. The van der Waals surface area contributed by atoms with Crippen LogP contribution in [-0.2, 0) is 14.8 Å². The van der Waals surface area contributed by atoms with Crippen molar-refractivity contribution in [2.24, 2.45) is 5.73 Å². The van der Waals surface area contributed by atoms with Crippen molar-refractivity contribution >= 4 is 21.6 Å². The Morgan fingerprint density at radius 2 is 1.86 bits per heavy atom. The zero-order chi connectivity index (χ0) is 16.2. The van der Waals surface area contributed by atoms with Gasteiger partial charge in [0.1, 0.15) is 5.25 Å². The summed E-state index contributed by atoms with van der Waals surface area (Å²) in [5.41, 5.74) is 5.65. The second-order valence-electron chi connectivity index (χ2n) is 5.56. The number of sulfonamides is 1. The normalized spacial score (nSPS) is 22.2.